The Morgan fingerprint density at radius 3 is 3.00 bits per heavy atom. The molecule has 2 aromatic heterocycles. The van der Waals surface area contributed by atoms with Gasteiger partial charge in [-0.1, -0.05) is 0 Å². The van der Waals surface area contributed by atoms with Crippen molar-refractivity contribution in [3.63, 3.8) is 0 Å². The van der Waals surface area contributed by atoms with Gasteiger partial charge in [0.15, 0.2) is 0 Å². The molecule has 2 aromatic rings. The molecule has 1 N–H and O–H groups in total. The zero-order valence-corrected chi connectivity index (χ0v) is 12.6. The van der Waals surface area contributed by atoms with E-state index >= 15 is 0 Å². The lowest BCUT2D eigenvalue weighted by Crippen LogP contribution is -2.31. The van der Waals surface area contributed by atoms with Crippen LogP contribution in [0, 0.1) is 5.92 Å². The number of thiazole rings is 1. The fourth-order valence-corrected chi connectivity index (χ4v) is 3.28. The second-order valence-electron chi connectivity index (χ2n) is 5.23. The Bertz CT molecular complexity index is 686. The molecule has 0 radical (unpaired) electrons. The lowest BCUT2D eigenvalue weighted by atomic mass is 10.1. The number of aliphatic carboxylic acids is 1. The first-order valence-corrected chi connectivity index (χ1v) is 7.87. The molecule has 1 aliphatic rings. The Kier molecular flexibility index (Phi) is 4.15. The molecule has 1 atom stereocenters. The van der Waals surface area contributed by atoms with Crippen molar-refractivity contribution in [1.82, 2.24) is 14.9 Å². The van der Waals surface area contributed by atoms with Crippen LogP contribution in [0.3, 0.4) is 0 Å². The molecular formula is C15H15N3O3S. The maximum atomic E-state index is 12.2. The highest BCUT2D eigenvalue weighted by molar-refractivity contribution is 7.13. The Labute approximate surface area is 131 Å². The van der Waals surface area contributed by atoms with E-state index in [0.717, 1.165) is 10.6 Å². The molecule has 1 unspecified atom stereocenters. The molecule has 1 saturated heterocycles. The second-order valence-corrected chi connectivity index (χ2v) is 6.08. The van der Waals surface area contributed by atoms with Crippen molar-refractivity contribution in [2.75, 3.05) is 13.1 Å². The van der Waals surface area contributed by atoms with E-state index in [9.17, 15) is 9.59 Å². The molecule has 6 nitrogen and oxygen atoms in total. The van der Waals surface area contributed by atoms with Gasteiger partial charge in [-0.3, -0.25) is 14.6 Å². The van der Waals surface area contributed by atoms with E-state index in [2.05, 4.69) is 9.97 Å². The summed E-state index contributed by atoms with van der Waals surface area (Å²) >= 11 is 1.48. The van der Waals surface area contributed by atoms with Gasteiger partial charge in [0, 0.05) is 36.4 Å². The number of carbonyl (C=O) groups excluding carboxylic acids is 1. The second kappa shape index (κ2) is 6.23. The average molecular weight is 317 g/mol. The summed E-state index contributed by atoms with van der Waals surface area (Å²) in [5, 5.41) is 11.7. The van der Waals surface area contributed by atoms with Crippen LogP contribution in [-0.2, 0) is 16.0 Å². The number of likely N-dealkylation sites (tertiary alicyclic amines) is 1. The molecule has 114 valence electrons. The SMILES string of the molecule is O=C(O)C1CCN(C(=O)Cc2csc(-c3cccnc3)n2)C1. The summed E-state index contributed by atoms with van der Waals surface area (Å²) < 4.78 is 0. The quantitative estimate of drug-likeness (QED) is 0.927. The normalized spacial score (nSPS) is 17.6. The molecule has 3 rings (SSSR count). The van der Waals surface area contributed by atoms with Crippen LogP contribution in [0.2, 0.25) is 0 Å². The molecule has 0 bridgehead atoms. The molecule has 0 spiro atoms. The summed E-state index contributed by atoms with van der Waals surface area (Å²) in [5.74, 6) is -1.33. The van der Waals surface area contributed by atoms with Gasteiger partial charge < -0.3 is 10.0 Å². The Morgan fingerprint density at radius 1 is 1.45 bits per heavy atom. The smallest absolute Gasteiger partial charge is 0.308 e. The maximum absolute atomic E-state index is 12.2. The van der Waals surface area contributed by atoms with Crippen LogP contribution in [0.1, 0.15) is 12.1 Å². The molecule has 1 fully saturated rings. The average Bonchev–Trinajstić information content (AvgIpc) is 3.17. The molecule has 7 heteroatoms. The fourth-order valence-electron chi connectivity index (χ4n) is 2.47. The standard InChI is InChI=1S/C15H15N3O3S/c19-13(18-5-3-11(8-18)15(20)21)6-12-9-22-14(17-12)10-2-1-4-16-7-10/h1-2,4,7,9,11H,3,5-6,8H2,(H,20,21). The van der Waals surface area contributed by atoms with Crippen molar-refractivity contribution in [2.45, 2.75) is 12.8 Å². The number of hydrogen-bond donors (Lipinski definition) is 1. The minimum atomic E-state index is -0.831. The lowest BCUT2D eigenvalue weighted by molar-refractivity contribution is -0.141. The molecule has 1 amide bonds. The van der Waals surface area contributed by atoms with Gasteiger partial charge in [0.2, 0.25) is 5.91 Å². The zero-order chi connectivity index (χ0) is 15.5. The molecule has 22 heavy (non-hydrogen) atoms. The van der Waals surface area contributed by atoms with Crippen LogP contribution in [0.5, 0.6) is 0 Å². The minimum absolute atomic E-state index is 0.0632. The summed E-state index contributed by atoms with van der Waals surface area (Å²) in [6, 6.07) is 3.77. The fraction of sp³-hybridized carbons (Fsp3) is 0.333. The number of aromatic nitrogens is 2. The number of rotatable bonds is 4. The van der Waals surface area contributed by atoms with Crippen molar-refractivity contribution < 1.29 is 14.7 Å². The Balaban J connectivity index is 1.63. The monoisotopic (exact) mass is 317 g/mol. The number of hydrogen-bond acceptors (Lipinski definition) is 5. The van der Waals surface area contributed by atoms with E-state index in [1.807, 2.05) is 17.5 Å². The third kappa shape index (κ3) is 3.14. The first kappa shape index (κ1) is 14.6. The van der Waals surface area contributed by atoms with Gasteiger partial charge in [0.05, 0.1) is 18.0 Å². The van der Waals surface area contributed by atoms with E-state index in [4.69, 9.17) is 5.11 Å². The van der Waals surface area contributed by atoms with Crippen molar-refractivity contribution >= 4 is 23.2 Å². The topological polar surface area (TPSA) is 83.4 Å². The van der Waals surface area contributed by atoms with Crippen LogP contribution < -0.4 is 0 Å². The van der Waals surface area contributed by atoms with Crippen molar-refractivity contribution in [3.05, 3.63) is 35.6 Å². The largest absolute Gasteiger partial charge is 0.481 e. The van der Waals surface area contributed by atoms with E-state index in [1.54, 1.807) is 17.3 Å². The van der Waals surface area contributed by atoms with Gasteiger partial charge in [-0.2, -0.15) is 0 Å². The predicted molar refractivity (Wildman–Crippen MR) is 81.4 cm³/mol. The Morgan fingerprint density at radius 2 is 2.32 bits per heavy atom. The predicted octanol–water partition coefficient (Wildman–Crippen LogP) is 1.68. The summed E-state index contributed by atoms with van der Waals surface area (Å²) in [6.45, 7) is 0.809. The van der Waals surface area contributed by atoms with Gasteiger partial charge in [0.1, 0.15) is 5.01 Å². The molecule has 1 aliphatic heterocycles. The molecular weight excluding hydrogens is 302 g/mol. The van der Waals surface area contributed by atoms with Crippen molar-refractivity contribution in [3.8, 4) is 10.6 Å². The Hall–Kier alpha value is -2.28. The highest BCUT2D eigenvalue weighted by atomic mass is 32.1. The van der Waals surface area contributed by atoms with E-state index in [0.29, 0.717) is 25.2 Å². The summed E-state index contributed by atoms with van der Waals surface area (Å²) in [4.78, 5) is 33.3. The van der Waals surface area contributed by atoms with Crippen LogP contribution in [-0.4, -0.2) is 44.9 Å². The van der Waals surface area contributed by atoms with E-state index in [1.165, 1.54) is 11.3 Å². The molecule has 0 aromatic carbocycles. The maximum Gasteiger partial charge on any atom is 0.308 e. The molecule has 3 heterocycles. The van der Waals surface area contributed by atoms with Crippen molar-refractivity contribution in [2.24, 2.45) is 5.92 Å². The zero-order valence-electron chi connectivity index (χ0n) is 11.8. The summed E-state index contributed by atoms with van der Waals surface area (Å²) in [6.07, 6.45) is 4.18. The summed E-state index contributed by atoms with van der Waals surface area (Å²) in [5.41, 5.74) is 1.64. The van der Waals surface area contributed by atoms with Gasteiger partial charge in [0.25, 0.3) is 0 Å². The van der Waals surface area contributed by atoms with Crippen LogP contribution in [0.25, 0.3) is 10.6 Å². The number of carboxylic acid groups (broad SMARTS) is 1. The third-order valence-corrected chi connectivity index (χ3v) is 4.62. The van der Waals surface area contributed by atoms with E-state index in [-0.39, 0.29) is 12.3 Å². The number of amides is 1. The first-order chi connectivity index (χ1) is 10.6. The van der Waals surface area contributed by atoms with Crippen molar-refractivity contribution in [1.29, 1.82) is 0 Å². The lowest BCUT2D eigenvalue weighted by Gasteiger charge is -2.14. The number of nitrogens with zero attached hydrogens (tertiary/aromatic N) is 3. The molecule has 0 saturated carbocycles. The summed E-state index contributed by atoms with van der Waals surface area (Å²) in [7, 11) is 0. The third-order valence-electron chi connectivity index (χ3n) is 3.68. The highest BCUT2D eigenvalue weighted by Gasteiger charge is 2.30. The van der Waals surface area contributed by atoms with Gasteiger partial charge in [-0.25, -0.2) is 4.98 Å². The highest BCUT2D eigenvalue weighted by Crippen LogP contribution is 2.24. The van der Waals surface area contributed by atoms with Gasteiger partial charge >= 0.3 is 5.97 Å². The van der Waals surface area contributed by atoms with Crippen LogP contribution >= 0.6 is 11.3 Å². The number of carboxylic acids is 1. The van der Waals surface area contributed by atoms with E-state index < -0.39 is 11.9 Å². The van der Waals surface area contributed by atoms with Gasteiger partial charge in [-0.05, 0) is 18.6 Å². The van der Waals surface area contributed by atoms with Gasteiger partial charge in [-0.15, -0.1) is 11.3 Å². The first-order valence-electron chi connectivity index (χ1n) is 6.99. The minimum Gasteiger partial charge on any atom is -0.481 e. The molecule has 0 aliphatic carbocycles. The van der Waals surface area contributed by atoms with Crippen LogP contribution in [0.15, 0.2) is 29.9 Å². The number of pyridine rings is 1. The number of carbonyl (C=O) groups is 2. The van der Waals surface area contributed by atoms with Crippen LogP contribution in [0.4, 0.5) is 0 Å².